The third-order valence-electron chi connectivity index (χ3n) is 3.58. The van der Waals surface area contributed by atoms with E-state index in [9.17, 15) is 4.79 Å². The molecule has 0 bridgehead atoms. The molecule has 0 atom stereocenters. The van der Waals surface area contributed by atoms with Crippen LogP contribution in [0.25, 0.3) is 0 Å². The first-order valence-electron chi connectivity index (χ1n) is 8.63. The zero-order valence-electron chi connectivity index (χ0n) is 14.3. The number of unbranched alkanes of at least 4 members (excludes halogenated alkanes) is 2. The van der Waals surface area contributed by atoms with Crippen molar-refractivity contribution >= 4 is 5.91 Å². The maximum atomic E-state index is 11.4. The first-order valence-corrected chi connectivity index (χ1v) is 8.63. The Bertz CT molecular complexity index is 225. The van der Waals surface area contributed by atoms with Crippen molar-refractivity contribution in [2.24, 2.45) is 0 Å². The molecule has 1 heterocycles. The maximum Gasteiger partial charge on any atom is 0.219 e. The number of hydrogen-bond acceptors (Lipinski definition) is 2. The maximum absolute atomic E-state index is 11.4. The van der Waals surface area contributed by atoms with E-state index in [4.69, 9.17) is 0 Å². The van der Waals surface area contributed by atoms with E-state index < -0.39 is 0 Å². The van der Waals surface area contributed by atoms with Crippen LogP contribution in [0.5, 0.6) is 0 Å². The Kier molecular flexibility index (Phi) is 13.0. The fraction of sp³-hybridized carbons (Fsp3) is 0.941. The molecule has 1 aliphatic heterocycles. The summed E-state index contributed by atoms with van der Waals surface area (Å²) >= 11 is 0. The van der Waals surface area contributed by atoms with Gasteiger partial charge in [-0.05, 0) is 51.7 Å². The highest BCUT2D eigenvalue weighted by Crippen LogP contribution is 2.08. The summed E-state index contributed by atoms with van der Waals surface area (Å²) in [5.74, 6) is 0.236. The van der Waals surface area contributed by atoms with E-state index in [2.05, 4.69) is 25.7 Å². The van der Waals surface area contributed by atoms with Crippen LogP contribution >= 0.6 is 0 Å². The zero-order chi connectivity index (χ0) is 15.2. The average molecular weight is 284 g/mol. The number of nitrogens with zero attached hydrogens (tertiary/aromatic N) is 2. The monoisotopic (exact) mass is 284 g/mol. The Hall–Kier alpha value is -0.570. The van der Waals surface area contributed by atoms with Crippen molar-refractivity contribution in [2.75, 3.05) is 32.7 Å². The topological polar surface area (TPSA) is 23.6 Å². The molecule has 0 N–H and O–H groups in total. The normalized spacial score (nSPS) is 14.8. The van der Waals surface area contributed by atoms with E-state index in [0.717, 1.165) is 32.4 Å². The van der Waals surface area contributed by atoms with Crippen LogP contribution in [0.2, 0.25) is 0 Å². The second-order valence-electron chi connectivity index (χ2n) is 5.82. The Morgan fingerprint density at radius 3 is 2.05 bits per heavy atom. The smallest absolute Gasteiger partial charge is 0.219 e. The number of carbonyl (C=O) groups is 1. The summed E-state index contributed by atoms with van der Waals surface area (Å²) in [6.45, 7) is 13.8. The molecule has 0 aromatic heterocycles. The van der Waals surface area contributed by atoms with E-state index in [1.54, 1.807) is 6.92 Å². The van der Waals surface area contributed by atoms with Gasteiger partial charge < -0.3 is 9.80 Å². The minimum atomic E-state index is 0.236. The molecule has 3 heteroatoms. The van der Waals surface area contributed by atoms with Crippen LogP contribution in [0.4, 0.5) is 0 Å². The Labute approximate surface area is 126 Å². The van der Waals surface area contributed by atoms with Crippen molar-refractivity contribution in [1.29, 1.82) is 0 Å². The highest BCUT2D eigenvalue weighted by atomic mass is 16.2. The molecular formula is C17H36N2O. The van der Waals surface area contributed by atoms with E-state index in [1.165, 1.54) is 45.3 Å². The molecule has 20 heavy (non-hydrogen) atoms. The number of hydrogen-bond donors (Lipinski definition) is 0. The van der Waals surface area contributed by atoms with Gasteiger partial charge >= 0.3 is 0 Å². The van der Waals surface area contributed by atoms with Gasteiger partial charge in [0.2, 0.25) is 5.91 Å². The SMILES string of the molecule is CCC.CCCCN(CCCCN1CCCC1)C(C)=O. The Morgan fingerprint density at radius 1 is 1.00 bits per heavy atom. The minimum Gasteiger partial charge on any atom is -0.343 e. The lowest BCUT2D eigenvalue weighted by molar-refractivity contribution is -0.129. The van der Waals surface area contributed by atoms with Crippen LogP contribution in [0.1, 0.15) is 72.6 Å². The molecular weight excluding hydrogens is 248 g/mol. The molecule has 0 spiro atoms. The molecule has 120 valence electrons. The zero-order valence-corrected chi connectivity index (χ0v) is 14.3. The van der Waals surface area contributed by atoms with Gasteiger partial charge in [-0.2, -0.15) is 0 Å². The van der Waals surface area contributed by atoms with Crippen molar-refractivity contribution in [3.8, 4) is 0 Å². The van der Waals surface area contributed by atoms with Crippen molar-refractivity contribution < 1.29 is 4.79 Å². The molecule has 1 aliphatic rings. The van der Waals surface area contributed by atoms with Gasteiger partial charge in [-0.25, -0.2) is 0 Å². The third-order valence-corrected chi connectivity index (χ3v) is 3.58. The minimum absolute atomic E-state index is 0.236. The van der Waals surface area contributed by atoms with Crippen LogP contribution in [-0.2, 0) is 4.79 Å². The highest BCUT2D eigenvalue weighted by Gasteiger charge is 2.11. The van der Waals surface area contributed by atoms with Gasteiger partial charge in [-0.1, -0.05) is 33.6 Å². The van der Waals surface area contributed by atoms with Crippen LogP contribution in [-0.4, -0.2) is 48.4 Å². The van der Waals surface area contributed by atoms with Gasteiger partial charge in [0.05, 0.1) is 0 Å². The van der Waals surface area contributed by atoms with Crippen LogP contribution < -0.4 is 0 Å². The number of amides is 1. The average Bonchev–Trinajstić information content (AvgIpc) is 2.91. The van der Waals surface area contributed by atoms with Gasteiger partial charge in [0.25, 0.3) is 0 Å². The van der Waals surface area contributed by atoms with Crippen molar-refractivity contribution in [1.82, 2.24) is 9.80 Å². The molecule has 1 saturated heterocycles. The molecule has 1 rings (SSSR count). The standard InChI is InChI=1S/C14H28N2O.C3H8/c1-3-4-12-16(14(2)17)13-8-7-11-15-9-5-6-10-15;1-3-2/h3-13H2,1-2H3;3H2,1-2H3. The molecule has 0 aliphatic carbocycles. The molecule has 1 fully saturated rings. The van der Waals surface area contributed by atoms with E-state index in [0.29, 0.717) is 0 Å². The quantitative estimate of drug-likeness (QED) is 0.631. The lowest BCUT2D eigenvalue weighted by Crippen LogP contribution is -2.31. The molecule has 0 saturated carbocycles. The lowest BCUT2D eigenvalue weighted by atomic mass is 10.2. The summed E-state index contributed by atoms with van der Waals surface area (Å²) in [5.41, 5.74) is 0. The van der Waals surface area contributed by atoms with E-state index >= 15 is 0 Å². The third kappa shape index (κ3) is 10.2. The summed E-state index contributed by atoms with van der Waals surface area (Å²) in [5, 5.41) is 0. The van der Waals surface area contributed by atoms with Gasteiger partial charge in [0.1, 0.15) is 0 Å². The predicted molar refractivity (Wildman–Crippen MR) is 88.0 cm³/mol. The summed E-state index contributed by atoms with van der Waals surface area (Å²) in [6.07, 6.45) is 8.67. The van der Waals surface area contributed by atoms with Crippen molar-refractivity contribution in [3.63, 3.8) is 0 Å². The molecule has 0 aromatic rings. The summed E-state index contributed by atoms with van der Waals surface area (Å²) < 4.78 is 0. The van der Waals surface area contributed by atoms with E-state index in [-0.39, 0.29) is 5.91 Å². The molecule has 0 unspecified atom stereocenters. The number of carbonyl (C=O) groups excluding carboxylic acids is 1. The largest absolute Gasteiger partial charge is 0.343 e. The molecule has 0 radical (unpaired) electrons. The second-order valence-corrected chi connectivity index (χ2v) is 5.82. The van der Waals surface area contributed by atoms with Crippen molar-refractivity contribution in [3.05, 3.63) is 0 Å². The van der Waals surface area contributed by atoms with Gasteiger partial charge in [0, 0.05) is 20.0 Å². The first-order chi connectivity index (χ1) is 9.65. The Balaban J connectivity index is 0.00000110. The fourth-order valence-corrected chi connectivity index (χ4v) is 2.42. The number of likely N-dealkylation sites (tertiary alicyclic amines) is 1. The lowest BCUT2D eigenvalue weighted by Gasteiger charge is -2.21. The highest BCUT2D eigenvalue weighted by molar-refractivity contribution is 5.73. The van der Waals surface area contributed by atoms with Crippen LogP contribution in [0, 0.1) is 0 Å². The van der Waals surface area contributed by atoms with Crippen LogP contribution in [0.15, 0.2) is 0 Å². The van der Waals surface area contributed by atoms with Crippen LogP contribution in [0.3, 0.4) is 0 Å². The summed E-state index contributed by atoms with van der Waals surface area (Å²) in [7, 11) is 0. The Morgan fingerprint density at radius 2 is 1.55 bits per heavy atom. The fourth-order valence-electron chi connectivity index (χ4n) is 2.42. The second kappa shape index (κ2) is 13.4. The van der Waals surface area contributed by atoms with Crippen molar-refractivity contribution in [2.45, 2.75) is 72.6 Å². The molecule has 1 amide bonds. The van der Waals surface area contributed by atoms with Gasteiger partial charge in [-0.15, -0.1) is 0 Å². The van der Waals surface area contributed by atoms with E-state index in [1.807, 2.05) is 4.90 Å². The summed E-state index contributed by atoms with van der Waals surface area (Å²) in [4.78, 5) is 16.0. The molecule has 0 aromatic carbocycles. The first kappa shape index (κ1) is 19.4. The number of rotatable bonds is 8. The predicted octanol–water partition coefficient (Wildman–Crippen LogP) is 3.93. The van der Waals surface area contributed by atoms with Gasteiger partial charge in [-0.3, -0.25) is 4.79 Å². The molecule has 3 nitrogen and oxygen atoms in total. The van der Waals surface area contributed by atoms with Gasteiger partial charge in [0.15, 0.2) is 0 Å². The summed E-state index contributed by atoms with van der Waals surface area (Å²) in [6, 6.07) is 0.